The lowest BCUT2D eigenvalue weighted by molar-refractivity contribution is 0.0944. The van der Waals surface area contributed by atoms with Crippen molar-refractivity contribution >= 4 is 5.91 Å². The molecule has 0 bridgehead atoms. The summed E-state index contributed by atoms with van der Waals surface area (Å²) in [6, 6.07) is 4.96. The summed E-state index contributed by atoms with van der Waals surface area (Å²) in [4.78, 5) is 11.5. The third-order valence-electron chi connectivity index (χ3n) is 2.03. The summed E-state index contributed by atoms with van der Waals surface area (Å²) in [6.45, 7) is 0.362. The van der Waals surface area contributed by atoms with Crippen LogP contribution in [0.25, 0.3) is 0 Å². The molecule has 2 rings (SSSR count). The number of fused-ring (bicyclic) bond motifs is 1. The van der Waals surface area contributed by atoms with Gasteiger partial charge in [0.25, 0.3) is 5.91 Å². The van der Waals surface area contributed by atoms with Gasteiger partial charge in [-0.3, -0.25) is 4.79 Å². The molecule has 0 fully saturated rings. The first-order valence-electron chi connectivity index (χ1n) is 4.60. The monoisotopic (exact) mass is 209 g/mol. The van der Waals surface area contributed by atoms with Gasteiger partial charge in [0, 0.05) is 12.1 Å². The molecule has 0 saturated carbocycles. The van der Waals surface area contributed by atoms with Crippen LogP contribution in [0.3, 0.4) is 0 Å². The molecule has 5 nitrogen and oxygen atoms in total. The number of benzene rings is 1. The van der Waals surface area contributed by atoms with Crippen molar-refractivity contribution in [3.8, 4) is 11.5 Å². The molecule has 0 saturated heterocycles. The summed E-state index contributed by atoms with van der Waals surface area (Å²) in [7, 11) is 0. The molecule has 1 aromatic carbocycles. The first-order valence-corrected chi connectivity index (χ1v) is 4.60. The molecule has 80 valence electrons. The van der Waals surface area contributed by atoms with Crippen LogP contribution in [0.5, 0.6) is 11.5 Å². The van der Waals surface area contributed by atoms with Crippen molar-refractivity contribution in [3.63, 3.8) is 0 Å². The Morgan fingerprint density at radius 2 is 2.20 bits per heavy atom. The second kappa shape index (κ2) is 4.18. The van der Waals surface area contributed by atoms with E-state index < -0.39 is 0 Å². The average Bonchev–Trinajstić information content (AvgIpc) is 2.72. The third-order valence-corrected chi connectivity index (χ3v) is 2.03. The van der Waals surface area contributed by atoms with Crippen LogP contribution in [-0.2, 0) is 0 Å². The Morgan fingerprint density at radius 1 is 1.40 bits per heavy atom. The van der Waals surface area contributed by atoms with Gasteiger partial charge in [0.05, 0.1) is 6.61 Å². The number of aliphatic hydroxyl groups excluding tert-OH is 1. The predicted octanol–water partition coefficient (Wildman–Crippen LogP) is 0.137. The Morgan fingerprint density at radius 3 is 3.00 bits per heavy atom. The van der Waals surface area contributed by atoms with Gasteiger partial charge in [-0.05, 0) is 18.2 Å². The Labute approximate surface area is 86.6 Å². The number of hydrogen-bond donors (Lipinski definition) is 2. The summed E-state index contributed by atoms with van der Waals surface area (Å²) in [6.07, 6.45) is 0. The highest BCUT2D eigenvalue weighted by molar-refractivity contribution is 5.94. The van der Waals surface area contributed by atoms with Crippen molar-refractivity contribution in [2.75, 3.05) is 19.9 Å². The fraction of sp³-hybridized carbons (Fsp3) is 0.300. The first-order chi connectivity index (χ1) is 7.31. The van der Waals surface area contributed by atoms with E-state index in [1.165, 1.54) is 0 Å². The van der Waals surface area contributed by atoms with Crippen LogP contribution in [0.15, 0.2) is 18.2 Å². The molecular weight excluding hydrogens is 198 g/mol. The standard InChI is InChI=1S/C10H11NO4/c12-4-3-11-10(13)7-1-2-8-9(5-7)15-6-14-8/h1-2,5,12H,3-4,6H2,(H,11,13). The molecule has 0 spiro atoms. The molecule has 2 N–H and O–H groups in total. The van der Waals surface area contributed by atoms with E-state index in [0.29, 0.717) is 17.1 Å². The van der Waals surface area contributed by atoms with Crippen LogP contribution in [0.1, 0.15) is 10.4 Å². The molecule has 0 radical (unpaired) electrons. The minimum atomic E-state index is -0.234. The minimum absolute atomic E-state index is 0.0731. The number of carbonyl (C=O) groups is 1. The van der Waals surface area contributed by atoms with E-state index in [0.717, 1.165) is 0 Å². The van der Waals surface area contributed by atoms with Gasteiger partial charge in [0.2, 0.25) is 6.79 Å². The van der Waals surface area contributed by atoms with Crippen molar-refractivity contribution in [1.82, 2.24) is 5.32 Å². The molecule has 1 aliphatic rings. The van der Waals surface area contributed by atoms with E-state index in [1.807, 2.05) is 0 Å². The Balaban J connectivity index is 2.12. The SMILES string of the molecule is O=C(NCCO)c1ccc2c(c1)OCO2. The van der Waals surface area contributed by atoms with E-state index in [9.17, 15) is 4.79 Å². The van der Waals surface area contributed by atoms with Crippen molar-refractivity contribution in [2.24, 2.45) is 0 Å². The van der Waals surface area contributed by atoms with E-state index in [2.05, 4.69) is 5.32 Å². The van der Waals surface area contributed by atoms with E-state index in [4.69, 9.17) is 14.6 Å². The van der Waals surface area contributed by atoms with Crippen LogP contribution in [0.2, 0.25) is 0 Å². The van der Waals surface area contributed by atoms with Crippen molar-refractivity contribution < 1.29 is 19.4 Å². The van der Waals surface area contributed by atoms with Crippen LogP contribution in [-0.4, -0.2) is 31.0 Å². The molecule has 0 aromatic heterocycles. The zero-order chi connectivity index (χ0) is 10.7. The van der Waals surface area contributed by atoms with Gasteiger partial charge in [-0.15, -0.1) is 0 Å². The van der Waals surface area contributed by atoms with E-state index >= 15 is 0 Å². The average molecular weight is 209 g/mol. The highest BCUT2D eigenvalue weighted by Crippen LogP contribution is 2.32. The molecule has 15 heavy (non-hydrogen) atoms. The minimum Gasteiger partial charge on any atom is -0.454 e. The Kier molecular flexibility index (Phi) is 2.73. The van der Waals surface area contributed by atoms with E-state index in [1.54, 1.807) is 18.2 Å². The summed E-state index contributed by atoms with van der Waals surface area (Å²) < 4.78 is 10.3. The zero-order valence-electron chi connectivity index (χ0n) is 8.03. The van der Waals surface area contributed by atoms with Gasteiger partial charge in [-0.2, -0.15) is 0 Å². The molecule has 5 heteroatoms. The van der Waals surface area contributed by atoms with Crippen molar-refractivity contribution in [3.05, 3.63) is 23.8 Å². The van der Waals surface area contributed by atoms with Crippen LogP contribution in [0.4, 0.5) is 0 Å². The number of aliphatic hydroxyl groups is 1. The second-order valence-electron chi connectivity index (χ2n) is 3.05. The molecule has 1 heterocycles. The van der Waals surface area contributed by atoms with Gasteiger partial charge >= 0.3 is 0 Å². The first kappa shape index (κ1) is 9.79. The molecule has 0 unspecified atom stereocenters. The molecule has 1 amide bonds. The molecular formula is C10H11NO4. The maximum Gasteiger partial charge on any atom is 0.251 e. The number of nitrogens with one attached hydrogen (secondary N) is 1. The number of carbonyl (C=O) groups excluding carboxylic acids is 1. The largest absolute Gasteiger partial charge is 0.454 e. The number of amides is 1. The highest BCUT2D eigenvalue weighted by atomic mass is 16.7. The summed E-state index contributed by atoms with van der Waals surface area (Å²) in [5.41, 5.74) is 0.493. The topological polar surface area (TPSA) is 67.8 Å². The van der Waals surface area contributed by atoms with Gasteiger partial charge in [-0.1, -0.05) is 0 Å². The van der Waals surface area contributed by atoms with Crippen molar-refractivity contribution in [2.45, 2.75) is 0 Å². The summed E-state index contributed by atoms with van der Waals surface area (Å²) in [5.74, 6) is 0.989. The van der Waals surface area contributed by atoms with Crippen LogP contribution < -0.4 is 14.8 Å². The lowest BCUT2D eigenvalue weighted by Crippen LogP contribution is -2.26. The van der Waals surface area contributed by atoms with E-state index in [-0.39, 0.29) is 25.9 Å². The number of rotatable bonds is 3. The number of hydrogen-bond acceptors (Lipinski definition) is 4. The molecule has 1 aliphatic heterocycles. The molecule has 0 atom stereocenters. The third kappa shape index (κ3) is 2.02. The Bertz CT molecular complexity index is 378. The van der Waals surface area contributed by atoms with Gasteiger partial charge in [0.15, 0.2) is 11.5 Å². The highest BCUT2D eigenvalue weighted by Gasteiger charge is 2.15. The quantitative estimate of drug-likeness (QED) is 0.743. The fourth-order valence-electron chi connectivity index (χ4n) is 1.31. The van der Waals surface area contributed by atoms with Gasteiger partial charge in [0.1, 0.15) is 0 Å². The number of ether oxygens (including phenoxy) is 2. The van der Waals surface area contributed by atoms with Crippen LogP contribution in [0, 0.1) is 0 Å². The molecule has 1 aromatic rings. The summed E-state index contributed by atoms with van der Waals surface area (Å²) >= 11 is 0. The van der Waals surface area contributed by atoms with Crippen molar-refractivity contribution in [1.29, 1.82) is 0 Å². The van der Waals surface area contributed by atoms with Gasteiger partial charge in [-0.25, -0.2) is 0 Å². The Hall–Kier alpha value is -1.75. The summed E-state index contributed by atoms with van der Waals surface area (Å²) in [5, 5.41) is 11.1. The normalized spacial score (nSPS) is 12.6. The fourth-order valence-corrected chi connectivity index (χ4v) is 1.31. The second-order valence-corrected chi connectivity index (χ2v) is 3.05. The predicted molar refractivity (Wildman–Crippen MR) is 52.0 cm³/mol. The maximum atomic E-state index is 11.5. The lowest BCUT2D eigenvalue weighted by atomic mass is 10.2. The smallest absolute Gasteiger partial charge is 0.251 e. The molecule has 0 aliphatic carbocycles. The van der Waals surface area contributed by atoms with Crippen LogP contribution >= 0.6 is 0 Å². The maximum absolute atomic E-state index is 11.5. The lowest BCUT2D eigenvalue weighted by Gasteiger charge is -2.03. The zero-order valence-corrected chi connectivity index (χ0v) is 8.03. The van der Waals surface area contributed by atoms with Gasteiger partial charge < -0.3 is 19.9 Å².